The first kappa shape index (κ1) is 12.2. The molecular formula is C13H22N2. The van der Waals surface area contributed by atoms with Crippen LogP contribution in [0.2, 0.25) is 0 Å². The van der Waals surface area contributed by atoms with E-state index in [2.05, 4.69) is 57.0 Å². The summed E-state index contributed by atoms with van der Waals surface area (Å²) in [6.07, 6.45) is 0. The monoisotopic (exact) mass is 206 g/mol. The van der Waals surface area contributed by atoms with Gasteiger partial charge in [0.2, 0.25) is 0 Å². The molecular weight excluding hydrogens is 184 g/mol. The molecule has 0 heterocycles. The molecule has 0 aliphatic rings. The molecule has 0 aromatic heterocycles. The Bertz CT molecular complexity index is 313. The molecule has 0 atom stereocenters. The number of nitrogens with two attached hydrogens (primary N) is 1. The summed E-state index contributed by atoms with van der Waals surface area (Å²) in [5.41, 5.74) is 8.51. The molecule has 0 aliphatic heterocycles. The van der Waals surface area contributed by atoms with Crippen LogP contribution in [0.25, 0.3) is 0 Å². The van der Waals surface area contributed by atoms with E-state index in [1.807, 2.05) is 0 Å². The average Bonchev–Trinajstić information content (AvgIpc) is 1.99. The van der Waals surface area contributed by atoms with E-state index in [0.717, 1.165) is 13.1 Å². The smallest absolute Gasteiger partial charge is 0.0231 e. The molecule has 2 heteroatoms. The predicted molar refractivity (Wildman–Crippen MR) is 65.8 cm³/mol. The van der Waals surface area contributed by atoms with E-state index in [0.29, 0.717) is 0 Å². The number of likely N-dealkylation sites (N-methyl/N-ethyl adjacent to an activating group) is 1. The highest BCUT2D eigenvalue weighted by Crippen LogP contribution is 2.08. The summed E-state index contributed by atoms with van der Waals surface area (Å²) < 4.78 is 0. The standard InChI is InChI=1S/C13H22N2/c1-11-6-5-7-12(8-11)9-15(4)10-13(2,3)14/h5-8H,9-10,14H2,1-4H3. The number of benzene rings is 1. The maximum atomic E-state index is 5.98. The van der Waals surface area contributed by atoms with Crippen LogP contribution in [0.3, 0.4) is 0 Å². The zero-order valence-electron chi connectivity index (χ0n) is 10.2. The van der Waals surface area contributed by atoms with E-state index >= 15 is 0 Å². The second kappa shape index (κ2) is 4.77. The summed E-state index contributed by atoms with van der Waals surface area (Å²) in [5.74, 6) is 0. The third-order valence-electron chi connectivity index (χ3n) is 2.21. The van der Waals surface area contributed by atoms with Crippen LogP contribution in [0, 0.1) is 6.92 Å². The summed E-state index contributed by atoms with van der Waals surface area (Å²) in [5, 5.41) is 0. The molecule has 0 saturated carbocycles. The van der Waals surface area contributed by atoms with Gasteiger partial charge in [-0.2, -0.15) is 0 Å². The molecule has 1 aromatic rings. The molecule has 0 aliphatic carbocycles. The van der Waals surface area contributed by atoms with E-state index in [1.165, 1.54) is 11.1 Å². The molecule has 0 unspecified atom stereocenters. The van der Waals surface area contributed by atoms with Gasteiger partial charge in [0, 0.05) is 18.6 Å². The minimum absolute atomic E-state index is 0.126. The highest BCUT2D eigenvalue weighted by atomic mass is 15.1. The molecule has 1 aromatic carbocycles. The molecule has 1 rings (SSSR count). The van der Waals surface area contributed by atoms with Crippen LogP contribution < -0.4 is 5.73 Å². The SMILES string of the molecule is Cc1cccc(CN(C)CC(C)(C)N)c1. The number of aryl methyl sites for hydroxylation is 1. The van der Waals surface area contributed by atoms with Crippen molar-refractivity contribution in [3.8, 4) is 0 Å². The Balaban J connectivity index is 2.55. The molecule has 0 fully saturated rings. The largest absolute Gasteiger partial charge is 0.324 e. The fraction of sp³-hybridized carbons (Fsp3) is 0.538. The number of nitrogens with zero attached hydrogens (tertiary/aromatic N) is 1. The molecule has 84 valence electrons. The van der Waals surface area contributed by atoms with Crippen molar-refractivity contribution >= 4 is 0 Å². The zero-order chi connectivity index (χ0) is 11.5. The van der Waals surface area contributed by atoms with Crippen LogP contribution in [0.5, 0.6) is 0 Å². The Hall–Kier alpha value is -0.860. The molecule has 2 nitrogen and oxygen atoms in total. The van der Waals surface area contributed by atoms with Crippen molar-refractivity contribution in [2.45, 2.75) is 32.9 Å². The fourth-order valence-electron chi connectivity index (χ4n) is 1.87. The van der Waals surface area contributed by atoms with E-state index in [4.69, 9.17) is 5.73 Å². The summed E-state index contributed by atoms with van der Waals surface area (Å²) in [6, 6.07) is 8.61. The van der Waals surface area contributed by atoms with Crippen LogP contribution in [-0.4, -0.2) is 24.0 Å². The summed E-state index contributed by atoms with van der Waals surface area (Å²) in [4.78, 5) is 2.26. The highest BCUT2D eigenvalue weighted by Gasteiger charge is 2.13. The van der Waals surface area contributed by atoms with Crippen LogP contribution in [0.4, 0.5) is 0 Å². The van der Waals surface area contributed by atoms with E-state index in [-0.39, 0.29) is 5.54 Å². The van der Waals surface area contributed by atoms with Gasteiger partial charge in [0.1, 0.15) is 0 Å². The van der Waals surface area contributed by atoms with Crippen LogP contribution in [0.15, 0.2) is 24.3 Å². The lowest BCUT2D eigenvalue weighted by Crippen LogP contribution is -2.43. The molecule has 0 saturated heterocycles. The van der Waals surface area contributed by atoms with Crippen LogP contribution in [-0.2, 0) is 6.54 Å². The van der Waals surface area contributed by atoms with Crippen molar-refractivity contribution in [3.63, 3.8) is 0 Å². The third-order valence-corrected chi connectivity index (χ3v) is 2.21. The molecule has 0 bridgehead atoms. The Kier molecular flexibility index (Phi) is 3.89. The van der Waals surface area contributed by atoms with Gasteiger partial charge >= 0.3 is 0 Å². The number of hydrogen-bond donors (Lipinski definition) is 1. The fourth-order valence-corrected chi connectivity index (χ4v) is 1.87. The average molecular weight is 206 g/mol. The first-order valence-electron chi connectivity index (χ1n) is 5.40. The van der Waals surface area contributed by atoms with Gasteiger partial charge in [0.15, 0.2) is 0 Å². The first-order valence-corrected chi connectivity index (χ1v) is 5.40. The van der Waals surface area contributed by atoms with Gasteiger partial charge in [-0.1, -0.05) is 29.8 Å². The predicted octanol–water partition coefficient (Wildman–Crippen LogP) is 2.16. The zero-order valence-corrected chi connectivity index (χ0v) is 10.2. The van der Waals surface area contributed by atoms with Gasteiger partial charge in [-0.05, 0) is 33.4 Å². The molecule has 0 radical (unpaired) electrons. The van der Waals surface area contributed by atoms with Crippen molar-refractivity contribution < 1.29 is 0 Å². The Morgan fingerprint density at radius 1 is 1.33 bits per heavy atom. The minimum atomic E-state index is -0.126. The lowest BCUT2D eigenvalue weighted by Gasteiger charge is -2.26. The molecule has 0 spiro atoms. The summed E-state index contributed by atoms with van der Waals surface area (Å²) >= 11 is 0. The van der Waals surface area contributed by atoms with Crippen molar-refractivity contribution in [2.24, 2.45) is 5.73 Å². The van der Waals surface area contributed by atoms with Crippen molar-refractivity contribution in [1.29, 1.82) is 0 Å². The second-order valence-electron chi connectivity index (χ2n) is 5.15. The lowest BCUT2D eigenvalue weighted by atomic mass is 10.1. The van der Waals surface area contributed by atoms with Crippen molar-refractivity contribution in [3.05, 3.63) is 35.4 Å². The van der Waals surface area contributed by atoms with Crippen LogP contribution >= 0.6 is 0 Å². The van der Waals surface area contributed by atoms with Gasteiger partial charge < -0.3 is 10.6 Å². The maximum absolute atomic E-state index is 5.98. The maximum Gasteiger partial charge on any atom is 0.0231 e. The normalized spacial score (nSPS) is 12.1. The number of rotatable bonds is 4. The third kappa shape index (κ3) is 4.96. The first-order chi connectivity index (χ1) is 6.87. The molecule has 2 N–H and O–H groups in total. The van der Waals surface area contributed by atoms with Gasteiger partial charge in [-0.25, -0.2) is 0 Å². The quantitative estimate of drug-likeness (QED) is 0.818. The van der Waals surface area contributed by atoms with E-state index < -0.39 is 0 Å². The minimum Gasteiger partial charge on any atom is -0.324 e. The molecule has 0 amide bonds. The topological polar surface area (TPSA) is 29.3 Å². The highest BCUT2D eigenvalue weighted by molar-refractivity contribution is 5.22. The Morgan fingerprint density at radius 2 is 2.00 bits per heavy atom. The second-order valence-corrected chi connectivity index (χ2v) is 5.15. The van der Waals surface area contributed by atoms with Gasteiger partial charge in [0.25, 0.3) is 0 Å². The summed E-state index contributed by atoms with van der Waals surface area (Å²) in [7, 11) is 2.11. The number of hydrogen-bond acceptors (Lipinski definition) is 2. The lowest BCUT2D eigenvalue weighted by molar-refractivity contribution is 0.263. The van der Waals surface area contributed by atoms with Crippen LogP contribution in [0.1, 0.15) is 25.0 Å². The van der Waals surface area contributed by atoms with Gasteiger partial charge in [-0.3, -0.25) is 0 Å². The summed E-state index contributed by atoms with van der Waals surface area (Å²) in [6.45, 7) is 8.10. The Morgan fingerprint density at radius 3 is 2.53 bits per heavy atom. The Labute approximate surface area is 93.1 Å². The van der Waals surface area contributed by atoms with Gasteiger partial charge in [-0.15, -0.1) is 0 Å². The molecule has 15 heavy (non-hydrogen) atoms. The van der Waals surface area contributed by atoms with Gasteiger partial charge in [0.05, 0.1) is 0 Å². The van der Waals surface area contributed by atoms with E-state index in [9.17, 15) is 0 Å². The van der Waals surface area contributed by atoms with E-state index in [1.54, 1.807) is 0 Å². The van der Waals surface area contributed by atoms with Crippen molar-refractivity contribution in [1.82, 2.24) is 4.90 Å². The van der Waals surface area contributed by atoms with Crippen molar-refractivity contribution in [2.75, 3.05) is 13.6 Å².